The van der Waals surface area contributed by atoms with Gasteiger partial charge >= 0.3 is 5.97 Å². The molecule has 1 aromatic carbocycles. The first-order chi connectivity index (χ1) is 16.9. The zero-order valence-corrected chi connectivity index (χ0v) is 20.9. The number of thioether (sulfide) groups is 1. The number of nitrogens with two attached hydrogens (primary N) is 1. The normalized spacial score (nSPS) is 16.6. The van der Waals surface area contributed by atoms with Gasteiger partial charge in [-0.1, -0.05) is 19.3 Å². The van der Waals surface area contributed by atoms with Gasteiger partial charge in [-0.15, -0.1) is 0 Å². The van der Waals surface area contributed by atoms with Crippen LogP contribution in [0.15, 0.2) is 35.0 Å². The van der Waals surface area contributed by atoms with Gasteiger partial charge in [0, 0.05) is 48.8 Å². The Morgan fingerprint density at radius 3 is 2.71 bits per heavy atom. The van der Waals surface area contributed by atoms with Crippen molar-refractivity contribution in [2.24, 2.45) is 10.9 Å². The summed E-state index contributed by atoms with van der Waals surface area (Å²) in [5, 5.41) is 12.3. The molecule has 1 unspecified atom stereocenters. The molecule has 3 rings (SSSR count). The molecule has 190 valence electrons. The topological polar surface area (TPSA) is 131 Å². The Morgan fingerprint density at radius 1 is 1.20 bits per heavy atom. The summed E-state index contributed by atoms with van der Waals surface area (Å²) in [4.78, 5) is 40.8. The molecule has 0 radical (unpaired) electrons. The van der Waals surface area contributed by atoms with Gasteiger partial charge in [0.25, 0.3) is 0 Å². The molecule has 1 heterocycles. The van der Waals surface area contributed by atoms with Crippen LogP contribution in [0.1, 0.15) is 68.1 Å². The van der Waals surface area contributed by atoms with Crippen LogP contribution in [0.25, 0.3) is 0 Å². The Hall–Kier alpha value is -2.65. The number of amides is 1. The van der Waals surface area contributed by atoms with Crippen LogP contribution in [0.3, 0.4) is 0 Å². The lowest BCUT2D eigenvalue weighted by Crippen LogP contribution is -2.19. The number of ether oxygens (including phenoxy) is 1. The molecule has 1 aromatic rings. The van der Waals surface area contributed by atoms with Gasteiger partial charge in [0.15, 0.2) is 5.78 Å². The number of aliphatic carboxylic acids is 1. The number of allylic oxidation sites excluding steroid dienone is 1. The highest BCUT2D eigenvalue weighted by molar-refractivity contribution is 7.99. The molecule has 2 aliphatic rings. The standard InChI is InChI=1S/C26H35N3O5S/c27-21-12-19(24(30)14-20(26(32)33)11-18-7-8-28-16-18)13-22(15-21)29-25(31)17-35-10-4-9-34-23-5-2-1-3-6-23/h8,12-13,15-16,20,23H,1-7,9-11,14,17,27H2,(H,29,31)(H,32,33). The Kier molecular flexibility index (Phi) is 10.8. The lowest BCUT2D eigenvalue weighted by molar-refractivity contribution is -0.141. The van der Waals surface area contributed by atoms with Crippen molar-refractivity contribution in [3.05, 3.63) is 35.5 Å². The van der Waals surface area contributed by atoms with E-state index in [9.17, 15) is 19.5 Å². The number of nitrogens with one attached hydrogen (secondary N) is 1. The lowest BCUT2D eigenvalue weighted by atomic mass is 9.91. The number of ketones is 1. The second kappa shape index (κ2) is 14.0. The summed E-state index contributed by atoms with van der Waals surface area (Å²) in [6.07, 6.45) is 11.5. The summed E-state index contributed by atoms with van der Waals surface area (Å²) in [7, 11) is 0. The summed E-state index contributed by atoms with van der Waals surface area (Å²) in [5.41, 5.74) is 7.89. The number of nitrogens with zero attached hydrogens (tertiary/aromatic N) is 1. The predicted octanol–water partition coefficient (Wildman–Crippen LogP) is 4.70. The van der Waals surface area contributed by atoms with Gasteiger partial charge in [0.2, 0.25) is 5.91 Å². The highest BCUT2D eigenvalue weighted by atomic mass is 32.2. The Morgan fingerprint density at radius 2 is 2.00 bits per heavy atom. The van der Waals surface area contributed by atoms with Crippen LogP contribution in [0, 0.1) is 5.92 Å². The van der Waals surface area contributed by atoms with E-state index in [-0.39, 0.29) is 30.1 Å². The highest BCUT2D eigenvalue weighted by Crippen LogP contribution is 2.25. The van der Waals surface area contributed by atoms with E-state index in [2.05, 4.69) is 10.3 Å². The van der Waals surface area contributed by atoms with Crippen molar-refractivity contribution >= 4 is 47.0 Å². The molecule has 0 spiro atoms. The minimum atomic E-state index is -1.02. The Balaban J connectivity index is 1.43. The average molecular weight is 502 g/mol. The molecule has 35 heavy (non-hydrogen) atoms. The highest BCUT2D eigenvalue weighted by Gasteiger charge is 2.24. The molecular weight excluding hydrogens is 466 g/mol. The fraction of sp³-hybridized carbons (Fsp3) is 0.538. The third kappa shape index (κ3) is 9.49. The van der Waals surface area contributed by atoms with Crippen LogP contribution in [-0.2, 0) is 14.3 Å². The third-order valence-electron chi connectivity index (χ3n) is 6.14. The summed E-state index contributed by atoms with van der Waals surface area (Å²) < 4.78 is 5.91. The second-order valence-electron chi connectivity index (χ2n) is 9.12. The molecule has 0 bridgehead atoms. The van der Waals surface area contributed by atoms with Crippen molar-refractivity contribution in [2.75, 3.05) is 29.2 Å². The number of benzene rings is 1. The van der Waals surface area contributed by atoms with Gasteiger partial charge in [-0.2, -0.15) is 11.8 Å². The number of Topliss-reactive ketones (excluding diaryl/α,β-unsaturated/α-hetero) is 1. The number of aliphatic imine (C=N–C) groups is 1. The van der Waals surface area contributed by atoms with Crippen molar-refractivity contribution in [1.82, 2.24) is 0 Å². The van der Waals surface area contributed by atoms with Crippen molar-refractivity contribution in [3.8, 4) is 0 Å². The van der Waals surface area contributed by atoms with E-state index in [1.165, 1.54) is 37.1 Å². The van der Waals surface area contributed by atoms with Crippen LogP contribution >= 0.6 is 11.8 Å². The first-order valence-corrected chi connectivity index (χ1v) is 13.4. The van der Waals surface area contributed by atoms with Gasteiger partial charge < -0.3 is 20.9 Å². The summed E-state index contributed by atoms with van der Waals surface area (Å²) >= 11 is 1.54. The van der Waals surface area contributed by atoms with Crippen molar-refractivity contribution in [1.29, 1.82) is 0 Å². The molecule has 1 aliphatic carbocycles. The molecule has 8 nitrogen and oxygen atoms in total. The van der Waals surface area contributed by atoms with Crippen LogP contribution in [-0.4, -0.2) is 53.2 Å². The van der Waals surface area contributed by atoms with E-state index in [1.807, 2.05) is 0 Å². The zero-order chi connectivity index (χ0) is 25.0. The lowest BCUT2D eigenvalue weighted by Gasteiger charge is -2.21. The molecule has 0 saturated heterocycles. The molecular formula is C26H35N3O5S. The molecule has 1 fully saturated rings. The maximum absolute atomic E-state index is 12.8. The number of rotatable bonds is 14. The maximum Gasteiger partial charge on any atom is 0.307 e. The van der Waals surface area contributed by atoms with Crippen molar-refractivity contribution < 1.29 is 24.2 Å². The SMILES string of the molecule is Nc1cc(NC(=O)CSCCCOC2CCCCC2)cc(C(=O)CC(CC2=CN=CC2)C(=O)O)c1. The number of carboxylic acid groups (broad SMARTS) is 1. The number of carbonyl (C=O) groups excluding carboxylic acids is 2. The largest absolute Gasteiger partial charge is 0.481 e. The van der Waals surface area contributed by atoms with Gasteiger partial charge in [-0.3, -0.25) is 19.4 Å². The number of anilines is 2. The molecule has 1 amide bonds. The predicted molar refractivity (Wildman–Crippen MR) is 140 cm³/mol. The average Bonchev–Trinajstić information content (AvgIpc) is 3.34. The Labute approximate surface area is 210 Å². The van der Waals surface area contributed by atoms with Gasteiger partial charge in [0.05, 0.1) is 17.8 Å². The molecule has 0 aromatic heterocycles. The van der Waals surface area contributed by atoms with Crippen molar-refractivity contribution in [2.45, 2.75) is 63.9 Å². The fourth-order valence-electron chi connectivity index (χ4n) is 4.31. The maximum atomic E-state index is 12.8. The molecule has 9 heteroatoms. The smallest absolute Gasteiger partial charge is 0.307 e. The van der Waals surface area contributed by atoms with Crippen LogP contribution in [0.2, 0.25) is 0 Å². The van der Waals surface area contributed by atoms with E-state index in [1.54, 1.807) is 24.5 Å². The summed E-state index contributed by atoms with van der Waals surface area (Å²) in [5.74, 6) is -1.24. The van der Waals surface area contributed by atoms with Gasteiger partial charge in [0.1, 0.15) is 0 Å². The fourth-order valence-corrected chi connectivity index (χ4v) is 5.04. The number of hydrogen-bond acceptors (Lipinski definition) is 7. The van der Waals surface area contributed by atoms with Crippen LogP contribution in [0.5, 0.6) is 0 Å². The minimum Gasteiger partial charge on any atom is -0.481 e. The van der Waals surface area contributed by atoms with E-state index >= 15 is 0 Å². The first kappa shape index (κ1) is 26.9. The zero-order valence-electron chi connectivity index (χ0n) is 20.0. The van der Waals surface area contributed by atoms with E-state index in [0.717, 1.165) is 37.2 Å². The number of nitrogen functional groups attached to an aromatic ring is 1. The number of hydrogen-bond donors (Lipinski definition) is 3. The van der Waals surface area contributed by atoms with E-state index < -0.39 is 11.9 Å². The monoisotopic (exact) mass is 501 g/mol. The Bertz CT molecular complexity index is 956. The quantitative estimate of drug-likeness (QED) is 0.191. The van der Waals surface area contributed by atoms with Gasteiger partial charge in [-0.05, 0) is 55.2 Å². The van der Waals surface area contributed by atoms with Crippen LogP contribution < -0.4 is 11.1 Å². The second-order valence-corrected chi connectivity index (χ2v) is 10.2. The van der Waals surface area contributed by atoms with E-state index in [4.69, 9.17) is 10.5 Å². The van der Waals surface area contributed by atoms with Crippen molar-refractivity contribution in [3.63, 3.8) is 0 Å². The molecule has 1 saturated carbocycles. The summed E-state index contributed by atoms with van der Waals surface area (Å²) in [6.45, 7) is 0.724. The molecule has 1 atom stereocenters. The van der Waals surface area contributed by atoms with E-state index in [0.29, 0.717) is 29.7 Å². The van der Waals surface area contributed by atoms with Crippen LogP contribution in [0.4, 0.5) is 11.4 Å². The molecule has 1 aliphatic heterocycles. The first-order valence-electron chi connectivity index (χ1n) is 12.3. The minimum absolute atomic E-state index is 0.151. The number of carbonyl (C=O) groups is 3. The molecule has 4 N–H and O–H groups in total. The third-order valence-corrected chi connectivity index (χ3v) is 7.18. The van der Waals surface area contributed by atoms with Gasteiger partial charge in [-0.25, -0.2) is 0 Å². The summed E-state index contributed by atoms with van der Waals surface area (Å²) in [6, 6.07) is 4.65. The number of carboxylic acids is 1.